The molecule has 0 fully saturated rings. The largest absolute Gasteiger partial charge is 0.396 e. The first-order chi connectivity index (χ1) is 7.47. The van der Waals surface area contributed by atoms with Crippen LogP contribution in [-0.2, 0) is 0 Å². The van der Waals surface area contributed by atoms with E-state index < -0.39 is 5.82 Å². The number of nitrogens with two attached hydrogens (primary N) is 1. The van der Waals surface area contributed by atoms with Gasteiger partial charge in [-0.25, -0.2) is 4.39 Å². The van der Waals surface area contributed by atoms with E-state index in [1.54, 1.807) is 11.9 Å². The van der Waals surface area contributed by atoms with Gasteiger partial charge in [0, 0.05) is 18.7 Å². The van der Waals surface area contributed by atoms with Gasteiger partial charge in [-0.2, -0.15) is 0 Å². The summed E-state index contributed by atoms with van der Waals surface area (Å²) in [5.41, 5.74) is 5.84. The van der Waals surface area contributed by atoms with Crippen LogP contribution >= 0.6 is 0 Å². The molecule has 1 rings (SSSR count). The van der Waals surface area contributed by atoms with Gasteiger partial charge in [0.05, 0.1) is 5.69 Å². The summed E-state index contributed by atoms with van der Waals surface area (Å²) in [6.45, 7) is 3.97. The van der Waals surface area contributed by atoms with Crippen LogP contribution in [0.3, 0.4) is 0 Å². The number of benzene rings is 1. The second kappa shape index (κ2) is 4.96. The van der Waals surface area contributed by atoms with E-state index in [1.165, 1.54) is 18.2 Å². The Hall–Kier alpha value is -1.58. The van der Waals surface area contributed by atoms with Gasteiger partial charge in [-0.15, -0.1) is 0 Å². The van der Waals surface area contributed by atoms with Gasteiger partial charge >= 0.3 is 0 Å². The Labute approximate surface area is 95.0 Å². The third kappa shape index (κ3) is 2.51. The minimum Gasteiger partial charge on any atom is -0.396 e. The molecule has 3 nitrogen and oxygen atoms in total. The molecule has 1 aromatic carbocycles. The fraction of sp³-hybridized carbons (Fsp3) is 0.417. The molecule has 0 aliphatic rings. The number of anilines is 1. The summed E-state index contributed by atoms with van der Waals surface area (Å²) in [4.78, 5) is 13.6. The summed E-state index contributed by atoms with van der Waals surface area (Å²) in [7, 11) is 1.73. The van der Waals surface area contributed by atoms with Crippen molar-refractivity contribution in [2.75, 3.05) is 12.8 Å². The van der Waals surface area contributed by atoms with E-state index in [0.717, 1.165) is 6.42 Å². The summed E-state index contributed by atoms with van der Waals surface area (Å²) in [5, 5.41) is 0. The third-order valence-electron chi connectivity index (χ3n) is 2.82. The van der Waals surface area contributed by atoms with Crippen LogP contribution in [0.15, 0.2) is 18.2 Å². The maximum absolute atomic E-state index is 12.9. The maximum atomic E-state index is 12.9. The number of carbonyl (C=O) groups is 1. The van der Waals surface area contributed by atoms with Crippen LogP contribution in [0.4, 0.5) is 10.1 Å². The minimum atomic E-state index is -0.497. The van der Waals surface area contributed by atoms with E-state index in [0.29, 0.717) is 5.56 Å². The number of nitrogens with zero attached hydrogens (tertiary/aromatic N) is 1. The van der Waals surface area contributed by atoms with Gasteiger partial charge in [0.15, 0.2) is 0 Å². The van der Waals surface area contributed by atoms with E-state index in [4.69, 9.17) is 5.73 Å². The summed E-state index contributed by atoms with van der Waals surface area (Å²) in [5.74, 6) is -0.635. The van der Waals surface area contributed by atoms with Crippen LogP contribution in [-0.4, -0.2) is 23.9 Å². The van der Waals surface area contributed by atoms with Crippen molar-refractivity contribution in [1.29, 1.82) is 0 Å². The Morgan fingerprint density at radius 3 is 2.69 bits per heavy atom. The van der Waals surface area contributed by atoms with Gasteiger partial charge in [-0.05, 0) is 31.5 Å². The predicted molar refractivity (Wildman–Crippen MR) is 62.7 cm³/mol. The molecule has 1 atom stereocenters. The first-order valence-electron chi connectivity index (χ1n) is 5.29. The zero-order valence-electron chi connectivity index (χ0n) is 9.83. The molecule has 0 spiro atoms. The number of hydrogen-bond donors (Lipinski definition) is 1. The predicted octanol–water partition coefficient (Wildman–Crippen LogP) is 2.28. The highest BCUT2D eigenvalue weighted by molar-refractivity contribution is 5.95. The molecule has 0 aliphatic heterocycles. The molecule has 0 aromatic heterocycles. The Bertz CT molecular complexity index is 393. The highest BCUT2D eigenvalue weighted by Crippen LogP contribution is 2.15. The van der Waals surface area contributed by atoms with E-state index in [2.05, 4.69) is 0 Å². The standard InChI is InChI=1S/C12H17FN2O/c1-4-8(2)15(3)12(16)9-5-6-10(13)11(14)7-9/h5-8H,4,14H2,1-3H3. The lowest BCUT2D eigenvalue weighted by atomic mass is 10.1. The molecule has 0 radical (unpaired) electrons. The number of carbonyl (C=O) groups excluding carboxylic acids is 1. The molecule has 88 valence electrons. The molecule has 2 N–H and O–H groups in total. The molecule has 1 aromatic rings. The second-order valence-corrected chi connectivity index (χ2v) is 3.91. The molecular weight excluding hydrogens is 207 g/mol. The molecule has 0 saturated heterocycles. The average Bonchev–Trinajstić information content (AvgIpc) is 2.29. The Morgan fingerprint density at radius 1 is 1.56 bits per heavy atom. The van der Waals surface area contributed by atoms with Crippen LogP contribution in [0.2, 0.25) is 0 Å². The SMILES string of the molecule is CCC(C)N(C)C(=O)c1ccc(F)c(N)c1. The van der Waals surface area contributed by atoms with E-state index in [1.807, 2.05) is 13.8 Å². The van der Waals surface area contributed by atoms with Crippen molar-refractivity contribution in [2.24, 2.45) is 0 Å². The third-order valence-corrected chi connectivity index (χ3v) is 2.82. The van der Waals surface area contributed by atoms with Gasteiger partial charge in [0.1, 0.15) is 5.82 Å². The zero-order chi connectivity index (χ0) is 12.3. The van der Waals surface area contributed by atoms with Gasteiger partial charge in [-0.3, -0.25) is 4.79 Å². The maximum Gasteiger partial charge on any atom is 0.253 e. The number of hydrogen-bond acceptors (Lipinski definition) is 2. The number of amides is 1. The Balaban J connectivity index is 2.92. The average molecular weight is 224 g/mol. The topological polar surface area (TPSA) is 46.3 Å². The van der Waals surface area contributed by atoms with E-state index in [9.17, 15) is 9.18 Å². The van der Waals surface area contributed by atoms with Crippen LogP contribution in [0.5, 0.6) is 0 Å². The number of nitrogen functional groups attached to an aromatic ring is 1. The van der Waals surface area contributed by atoms with E-state index >= 15 is 0 Å². The molecule has 0 bridgehead atoms. The smallest absolute Gasteiger partial charge is 0.253 e. The Kier molecular flexibility index (Phi) is 3.88. The zero-order valence-corrected chi connectivity index (χ0v) is 9.83. The summed E-state index contributed by atoms with van der Waals surface area (Å²) >= 11 is 0. The quantitative estimate of drug-likeness (QED) is 0.801. The summed E-state index contributed by atoms with van der Waals surface area (Å²) in [6, 6.07) is 4.19. The van der Waals surface area contributed by atoms with Crippen LogP contribution in [0.1, 0.15) is 30.6 Å². The van der Waals surface area contributed by atoms with Crippen molar-refractivity contribution in [1.82, 2.24) is 4.90 Å². The molecule has 16 heavy (non-hydrogen) atoms. The lowest BCUT2D eigenvalue weighted by Crippen LogP contribution is -2.34. The van der Waals surface area contributed by atoms with Crippen molar-refractivity contribution in [3.8, 4) is 0 Å². The van der Waals surface area contributed by atoms with Crippen LogP contribution in [0, 0.1) is 5.82 Å². The van der Waals surface area contributed by atoms with Crippen molar-refractivity contribution in [3.05, 3.63) is 29.6 Å². The van der Waals surface area contributed by atoms with Gasteiger partial charge < -0.3 is 10.6 Å². The van der Waals surface area contributed by atoms with Gasteiger partial charge in [-0.1, -0.05) is 6.92 Å². The van der Waals surface area contributed by atoms with Crippen molar-refractivity contribution in [3.63, 3.8) is 0 Å². The molecule has 0 heterocycles. The first kappa shape index (κ1) is 12.5. The molecule has 0 aliphatic carbocycles. The number of halogens is 1. The molecule has 0 saturated carbocycles. The molecule has 1 amide bonds. The normalized spacial score (nSPS) is 12.2. The summed E-state index contributed by atoms with van der Waals surface area (Å²) in [6.07, 6.45) is 0.874. The van der Waals surface area contributed by atoms with Crippen molar-refractivity contribution >= 4 is 11.6 Å². The number of rotatable bonds is 3. The Morgan fingerprint density at radius 2 is 2.19 bits per heavy atom. The highest BCUT2D eigenvalue weighted by atomic mass is 19.1. The molecule has 1 unspecified atom stereocenters. The van der Waals surface area contributed by atoms with Crippen molar-refractivity contribution < 1.29 is 9.18 Å². The molecule has 4 heteroatoms. The first-order valence-corrected chi connectivity index (χ1v) is 5.29. The molecular formula is C12H17FN2O. The van der Waals surface area contributed by atoms with Gasteiger partial charge in [0.2, 0.25) is 0 Å². The highest BCUT2D eigenvalue weighted by Gasteiger charge is 2.16. The van der Waals surface area contributed by atoms with E-state index in [-0.39, 0.29) is 17.6 Å². The minimum absolute atomic E-state index is 0.00315. The van der Waals surface area contributed by atoms with Gasteiger partial charge in [0.25, 0.3) is 5.91 Å². The van der Waals surface area contributed by atoms with Crippen LogP contribution < -0.4 is 5.73 Å². The fourth-order valence-electron chi connectivity index (χ4n) is 1.35. The van der Waals surface area contributed by atoms with Crippen molar-refractivity contribution in [2.45, 2.75) is 26.3 Å². The monoisotopic (exact) mass is 224 g/mol. The lowest BCUT2D eigenvalue weighted by molar-refractivity contribution is 0.0740. The fourth-order valence-corrected chi connectivity index (χ4v) is 1.35. The summed E-state index contributed by atoms with van der Waals surface area (Å²) < 4.78 is 12.9. The van der Waals surface area contributed by atoms with Crippen LogP contribution in [0.25, 0.3) is 0 Å². The lowest BCUT2D eigenvalue weighted by Gasteiger charge is -2.23. The second-order valence-electron chi connectivity index (χ2n) is 3.91.